The third-order valence-corrected chi connectivity index (χ3v) is 1.90. The van der Waals surface area contributed by atoms with Crippen LogP contribution in [0.4, 0.5) is 11.7 Å². The lowest BCUT2D eigenvalue weighted by atomic mass is 10.4. The Kier molecular flexibility index (Phi) is 3.18. The number of nitro groups is 1. The summed E-state index contributed by atoms with van der Waals surface area (Å²) in [4.78, 5) is 9.70. The van der Waals surface area contributed by atoms with Gasteiger partial charge < -0.3 is 15.9 Å². The van der Waals surface area contributed by atoms with E-state index in [-0.39, 0.29) is 23.1 Å². The van der Waals surface area contributed by atoms with E-state index in [9.17, 15) is 10.1 Å². The molecule has 2 rings (SSSR count). The molecule has 0 fully saturated rings. The van der Waals surface area contributed by atoms with Gasteiger partial charge in [-0.1, -0.05) is 0 Å². The van der Waals surface area contributed by atoms with Gasteiger partial charge >= 0.3 is 5.88 Å². The Bertz CT molecular complexity index is 656. The standard InChI is InChI=1S/C8H7N7O4/c9-7(6-8(10)14-19-13-6)12-11-3-4-1-2-5(18-4)15(16)17/h1-3H,(H2,9,12)(H2,10,14)/b11-3+. The fourth-order valence-electron chi connectivity index (χ4n) is 1.08. The third kappa shape index (κ3) is 2.71. The van der Waals surface area contributed by atoms with E-state index >= 15 is 0 Å². The summed E-state index contributed by atoms with van der Waals surface area (Å²) >= 11 is 0. The van der Waals surface area contributed by atoms with Gasteiger partial charge in [-0.3, -0.25) is 10.1 Å². The minimum absolute atomic E-state index is 0.0231. The molecule has 4 N–H and O–H groups in total. The van der Waals surface area contributed by atoms with Crippen molar-refractivity contribution in [2.75, 3.05) is 5.73 Å². The van der Waals surface area contributed by atoms with E-state index in [1.54, 1.807) is 0 Å². The summed E-state index contributed by atoms with van der Waals surface area (Å²) in [6.07, 6.45) is 1.14. The molecule has 0 saturated carbocycles. The highest BCUT2D eigenvalue weighted by Gasteiger charge is 2.11. The van der Waals surface area contributed by atoms with Crippen LogP contribution < -0.4 is 11.5 Å². The molecule has 2 aromatic rings. The second-order valence-electron chi connectivity index (χ2n) is 3.16. The average molecular weight is 265 g/mol. The van der Waals surface area contributed by atoms with E-state index in [0.717, 1.165) is 6.21 Å². The van der Waals surface area contributed by atoms with Gasteiger partial charge in [-0.25, -0.2) is 4.63 Å². The number of nitrogens with zero attached hydrogens (tertiary/aromatic N) is 5. The number of rotatable bonds is 4. The normalized spacial score (nSPS) is 12.1. The van der Waals surface area contributed by atoms with Crippen molar-refractivity contribution in [2.24, 2.45) is 15.9 Å². The summed E-state index contributed by atoms with van der Waals surface area (Å²) in [6.45, 7) is 0. The molecule has 0 unspecified atom stereocenters. The highest BCUT2D eigenvalue weighted by atomic mass is 16.6. The van der Waals surface area contributed by atoms with Gasteiger partial charge in [0.25, 0.3) is 0 Å². The van der Waals surface area contributed by atoms with Gasteiger partial charge in [0.15, 0.2) is 23.1 Å². The predicted octanol–water partition coefficient (Wildman–Crippen LogP) is -0.108. The summed E-state index contributed by atoms with van der Waals surface area (Å²) in [5, 5.41) is 24.2. The van der Waals surface area contributed by atoms with Crippen molar-refractivity contribution in [3.8, 4) is 0 Å². The molecule has 0 aliphatic heterocycles. The average Bonchev–Trinajstić information content (AvgIpc) is 2.97. The highest BCUT2D eigenvalue weighted by Crippen LogP contribution is 2.13. The number of anilines is 1. The molecule has 0 aliphatic rings. The molecule has 98 valence electrons. The quantitative estimate of drug-likeness (QED) is 0.333. The van der Waals surface area contributed by atoms with Crippen molar-refractivity contribution >= 4 is 23.8 Å². The van der Waals surface area contributed by atoms with Gasteiger partial charge in [0.2, 0.25) is 0 Å². The van der Waals surface area contributed by atoms with Gasteiger partial charge in [-0.2, -0.15) is 5.10 Å². The zero-order valence-corrected chi connectivity index (χ0v) is 9.26. The van der Waals surface area contributed by atoms with Crippen LogP contribution in [0.2, 0.25) is 0 Å². The summed E-state index contributed by atoms with van der Waals surface area (Å²) in [5.41, 5.74) is 11.0. The number of nitrogens with two attached hydrogens (primary N) is 2. The summed E-state index contributed by atoms with van der Waals surface area (Å²) in [7, 11) is 0. The number of aromatic nitrogens is 2. The summed E-state index contributed by atoms with van der Waals surface area (Å²) in [5.74, 6) is -0.390. The molecule has 0 amide bonds. The van der Waals surface area contributed by atoms with Crippen molar-refractivity contribution in [1.82, 2.24) is 10.3 Å². The first-order valence-electron chi connectivity index (χ1n) is 4.77. The van der Waals surface area contributed by atoms with E-state index in [1.807, 2.05) is 0 Å². The van der Waals surface area contributed by atoms with Crippen LogP contribution in [0.15, 0.2) is 31.4 Å². The van der Waals surface area contributed by atoms with Gasteiger partial charge in [-0.05, 0) is 16.4 Å². The summed E-state index contributed by atoms with van der Waals surface area (Å²) < 4.78 is 9.14. The molecule has 2 heterocycles. The van der Waals surface area contributed by atoms with Crippen molar-refractivity contribution in [3.63, 3.8) is 0 Å². The second kappa shape index (κ2) is 4.95. The molecule has 19 heavy (non-hydrogen) atoms. The monoisotopic (exact) mass is 265 g/mol. The SMILES string of the molecule is N/C(=N\N=C\c1ccc([N+](=O)[O-])o1)c1nonc1N. The van der Waals surface area contributed by atoms with E-state index in [4.69, 9.17) is 15.9 Å². The van der Waals surface area contributed by atoms with Crippen LogP contribution in [0.1, 0.15) is 11.5 Å². The molecule has 0 radical (unpaired) electrons. The van der Waals surface area contributed by atoms with Crippen LogP contribution >= 0.6 is 0 Å². The van der Waals surface area contributed by atoms with Crippen molar-refractivity contribution in [2.45, 2.75) is 0 Å². The largest absolute Gasteiger partial charge is 0.433 e. The number of hydrogen-bond donors (Lipinski definition) is 2. The molecular weight excluding hydrogens is 258 g/mol. The number of furan rings is 1. The smallest absolute Gasteiger partial charge is 0.400 e. The lowest BCUT2D eigenvalue weighted by Gasteiger charge is -1.90. The van der Waals surface area contributed by atoms with Crippen LogP contribution in [-0.4, -0.2) is 27.3 Å². The Morgan fingerprint density at radius 2 is 2.26 bits per heavy atom. The van der Waals surface area contributed by atoms with Crippen LogP contribution in [0.5, 0.6) is 0 Å². The molecule has 0 atom stereocenters. The third-order valence-electron chi connectivity index (χ3n) is 1.90. The predicted molar refractivity (Wildman–Crippen MR) is 62.4 cm³/mol. The van der Waals surface area contributed by atoms with E-state index < -0.39 is 10.8 Å². The van der Waals surface area contributed by atoms with Gasteiger partial charge in [0.1, 0.15) is 4.92 Å². The Morgan fingerprint density at radius 3 is 2.84 bits per heavy atom. The van der Waals surface area contributed by atoms with E-state index in [2.05, 4.69) is 25.1 Å². The minimum atomic E-state index is -0.670. The van der Waals surface area contributed by atoms with Gasteiger partial charge in [-0.15, -0.1) is 5.10 Å². The van der Waals surface area contributed by atoms with Crippen molar-refractivity contribution in [1.29, 1.82) is 0 Å². The van der Waals surface area contributed by atoms with Crippen LogP contribution in [0, 0.1) is 10.1 Å². The Morgan fingerprint density at radius 1 is 1.47 bits per heavy atom. The number of nitrogen functional groups attached to an aromatic ring is 1. The number of amidine groups is 1. The van der Waals surface area contributed by atoms with E-state index in [0.29, 0.717) is 0 Å². The van der Waals surface area contributed by atoms with Gasteiger partial charge in [0, 0.05) is 0 Å². The zero-order valence-electron chi connectivity index (χ0n) is 9.26. The summed E-state index contributed by atoms with van der Waals surface area (Å²) in [6, 6.07) is 2.55. The number of hydrogen-bond acceptors (Lipinski definition) is 9. The van der Waals surface area contributed by atoms with Crippen LogP contribution in [-0.2, 0) is 0 Å². The second-order valence-corrected chi connectivity index (χ2v) is 3.16. The maximum absolute atomic E-state index is 10.4. The molecule has 0 saturated heterocycles. The lowest BCUT2D eigenvalue weighted by molar-refractivity contribution is -0.402. The Labute approximate surface area is 104 Å². The molecule has 0 spiro atoms. The van der Waals surface area contributed by atoms with Crippen LogP contribution in [0.25, 0.3) is 0 Å². The molecule has 0 aliphatic carbocycles. The molecule has 0 aromatic carbocycles. The van der Waals surface area contributed by atoms with Gasteiger partial charge in [0.05, 0.1) is 12.3 Å². The molecule has 0 bridgehead atoms. The first-order valence-corrected chi connectivity index (χ1v) is 4.77. The highest BCUT2D eigenvalue weighted by molar-refractivity contribution is 5.99. The molecule has 2 aromatic heterocycles. The molecule has 11 heteroatoms. The van der Waals surface area contributed by atoms with Crippen LogP contribution in [0.3, 0.4) is 0 Å². The Balaban J connectivity index is 2.10. The maximum Gasteiger partial charge on any atom is 0.433 e. The lowest BCUT2D eigenvalue weighted by Crippen LogP contribution is -2.15. The van der Waals surface area contributed by atoms with E-state index in [1.165, 1.54) is 12.1 Å². The molecule has 11 nitrogen and oxygen atoms in total. The topological polar surface area (TPSA) is 172 Å². The molecular formula is C8H7N7O4. The van der Waals surface area contributed by atoms with Crippen molar-refractivity contribution < 1.29 is 14.0 Å². The maximum atomic E-state index is 10.4. The Hall–Kier alpha value is -3.24. The fourth-order valence-corrected chi connectivity index (χ4v) is 1.08. The first kappa shape index (κ1) is 12.2. The first-order chi connectivity index (χ1) is 9.08. The van der Waals surface area contributed by atoms with Crippen molar-refractivity contribution in [3.05, 3.63) is 33.7 Å². The minimum Gasteiger partial charge on any atom is -0.400 e. The fraction of sp³-hybridized carbons (Fsp3) is 0. The zero-order chi connectivity index (χ0) is 13.8.